The molecule has 0 saturated carbocycles. The molecule has 0 heterocycles. The standard InChI is InChI=1S/C24H20Cl2O/c1-17(21-13-12-20(25)15-23(21)26)14-18(2)22-10-6-7-11-24(22)27-16-19-8-4-3-5-9-19/h3-15H,1,16H2,2H3/b18-14+. The molecule has 0 saturated heterocycles. The molecule has 3 rings (SSSR count). The Morgan fingerprint density at radius 3 is 2.37 bits per heavy atom. The highest BCUT2D eigenvalue weighted by Crippen LogP contribution is 2.31. The first-order valence-electron chi connectivity index (χ1n) is 8.63. The van der Waals surface area contributed by atoms with Gasteiger partial charge in [-0.25, -0.2) is 0 Å². The molecule has 0 spiro atoms. The molecule has 3 heteroatoms. The number of para-hydroxylation sites is 1. The van der Waals surface area contributed by atoms with Crippen molar-refractivity contribution in [2.45, 2.75) is 13.5 Å². The Morgan fingerprint density at radius 1 is 0.926 bits per heavy atom. The Hall–Kier alpha value is -2.48. The molecule has 0 aliphatic heterocycles. The third-order valence-electron chi connectivity index (χ3n) is 4.22. The SMILES string of the molecule is C=C(/C=C(\C)c1ccccc1OCc1ccccc1)c1ccc(Cl)cc1Cl. The highest BCUT2D eigenvalue weighted by atomic mass is 35.5. The van der Waals surface area contributed by atoms with Crippen molar-refractivity contribution >= 4 is 34.3 Å². The van der Waals surface area contributed by atoms with Crippen LogP contribution in [0.25, 0.3) is 11.1 Å². The average molecular weight is 395 g/mol. The van der Waals surface area contributed by atoms with Gasteiger partial charge < -0.3 is 4.74 Å². The molecular formula is C24H20Cl2O. The fraction of sp³-hybridized carbons (Fsp3) is 0.0833. The van der Waals surface area contributed by atoms with E-state index in [-0.39, 0.29) is 0 Å². The monoisotopic (exact) mass is 394 g/mol. The quantitative estimate of drug-likeness (QED) is 0.389. The summed E-state index contributed by atoms with van der Waals surface area (Å²) in [6.45, 7) is 6.72. The van der Waals surface area contributed by atoms with Crippen molar-refractivity contribution in [1.82, 2.24) is 0 Å². The summed E-state index contributed by atoms with van der Waals surface area (Å²) in [4.78, 5) is 0. The van der Waals surface area contributed by atoms with Crippen LogP contribution in [0.3, 0.4) is 0 Å². The summed E-state index contributed by atoms with van der Waals surface area (Å²) in [6.07, 6.45) is 2.01. The van der Waals surface area contributed by atoms with E-state index in [1.807, 2.05) is 67.6 Å². The smallest absolute Gasteiger partial charge is 0.127 e. The first-order valence-corrected chi connectivity index (χ1v) is 9.39. The molecule has 0 unspecified atom stereocenters. The second-order valence-corrected chi connectivity index (χ2v) is 7.09. The third kappa shape index (κ3) is 5.03. The zero-order chi connectivity index (χ0) is 19.2. The molecule has 0 fully saturated rings. The van der Waals surface area contributed by atoms with E-state index in [0.29, 0.717) is 16.7 Å². The summed E-state index contributed by atoms with van der Waals surface area (Å²) in [6, 6.07) is 23.5. The number of hydrogen-bond acceptors (Lipinski definition) is 1. The van der Waals surface area contributed by atoms with Crippen LogP contribution in [0, 0.1) is 0 Å². The molecule has 0 aliphatic carbocycles. The number of halogens is 2. The van der Waals surface area contributed by atoms with E-state index in [2.05, 4.69) is 18.7 Å². The Morgan fingerprint density at radius 2 is 1.63 bits per heavy atom. The largest absolute Gasteiger partial charge is 0.488 e. The van der Waals surface area contributed by atoms with Crippen LogP contribution in [0.1, 0.15) is 23.6 Å². The van der Waals surface area contributed by atoms with Crippen molar-refractivity contribution in [2.24, 2.45) is 0 Å². The molecule has 27 heavy (non-hydrogen) atoms. The lowest BCUT2D eigenvalue weighted by atomic mass is 10.0. The third-order valence-corrected chi connectivity index (χ3v) is 4.76. The number of ether oxygens (including phenoxy) is 1. The molecule has 0 bridgehead atoms. The number of allylic oxidation sites excluding steroid dienone is 3. The highest BCUT2D eigenvalue weighted by Gasteiger charge is 2.08. The van der Waals surface area contributed by atoms with Crippen molar-refractivity contribution in [1.29, 1.82) is 0 Å². The van der Waals surface area contributed by atoms with E-state index in [0.717, 1.165) is 33.6 Å². The molecule has 3 aromatic rings. The topological polar surface area (TPSA) is 9.23 Å². The van der Waals surface area contributed by atoms with Gasteiger partial charge in [0.2, 0.25) is 0 Å². The summed E-state index contributed by atoms with van der Waals surface area (Å²) >= 11 is 12.3. The minimum absolute atomic E-state index is 0.523. The van der Waals surface area contributed by atoms with Crippen molar-refractivity contribution in [3.8, 4) is 5.75 Å². The van der Waals surface area contributed by atoms with Gasteiger partial charge in [0.05, 0.1) is 0 Å². The summed E-state index contributed by atoms with van der Waals surface area (Å²) < 4.78 is 6.06. The van der Waals surface area contributed by atoms with Crippen LogP contribution in [-0.2, 0) is 6.61 Å². The van der Waals surface area contributed by atoms with Crippen LogP contribution < -0.4 is 4.74 Å². The molecule has 0 amide bonds. The van der Waals surface area contributed by atoms with Gasteiger partial charge in [0.15, 0.2) is 0 Å². The van der Waals surface area contributed by atoms with E-state index in [1.165, 1.54) is 0 Å². The fourth-order valence-corrected chi connectivity index (χ4v) is 3.35. The van der Waals surface area contributed by atoms with E-state index >= 15 is 0 Å². The molecule has 0 aromatic heterocycles. The van der Waals surface area contributed by atoms with E-state index in [9.17, 15) is 0 Å². The Kier molecular flexibility index (Phi) is 6.39. The highest BCUT2D eigenvalue weighted by molar-refractivity contribution is 6.35. The number of benzene rings is 3. The van der Waals surface area contributed by atoms with Crippen LogP contribution in [-0.4, -0.2) is 0 Å². The lowest BCUT2D eigenvalue weighted by Crippen LogP contribution is -1.97. The Labute approximate surface area is 170 Å². The number of hydrogen-bond donors (Lipinski definition) is 0. The van der Waals surface area contributed by atoms with Gasteiger partial charge in [-0.05, 0) is 47.4 Å². The second-order valence-electron chi connectivity index (χ2n) is 6.25. The Balaban J connectivity index is 1.82. The maximum Gasteiger partial charge on any atom is 0.127 e. The van der Waals surface area contributed by atoms with Crippen molar-refractivity contribution in [3.63, 3.8) is 0 Å². The van der Waals surface area contributed by atoms with Gasteiger partial charge >= 0.3 is 0 Å². The Bertz CT molecular complexity index is 975. The average Bonchev–Trinajstić information content (AvgIpc) is 2.67. The summed E-state index contributed by atoms with van der Waals surface area (Å²) in [7, 11) is 0. The molecular weight excluding hydrogens is 375 g/mol. The summed E-state index contributed by atoms with van der Waals surface area (Å²) in [5.74, 6) is 0.838. The van der Waals surface area contributed by atoms with Gasteiger partial charge in [0.25, 0.3) is 0 Å². The summed E-state index contributed by atoms with van der Waals surface area (Å²) in [5, 5.41) is 1.20. The van der Waals surface area contributed by atoms with Crippen LogP contribution in [0.15, 0.2) is 85.5 Å². The van der Waals surface area contributed by atoms with Gasteiger partial charge in [0, 0.05) is 15.6 Å². The van der Waals surface area contributed by atoms with Crippen LogP contribution in [0.2, 0.25) is 10.0 Å². The maximum atomic E-state index is 6.30. The van der Waals surface area contributed by atoms with E-state index in [1.54, 1.807) is 6.07 Å². The molecule has 0 radical (unpaired) electrons. The van der Waals surface area contributed by atoms with Gasteiger partial charge in [-0.3, -0.25) is 0 Å². The zero-order valence-corrected chi connectivity index (χ0v) is 16.6. The van der Waals surface area contributed by atoms with Gasteiger partial charge in [-0.15, -0.1) is 0 Å². The first kappa shape index (κ1) is 19.3. The molecule has 136 valence electrons. The molecule has 3 aromatic carbocycles. The minimum atomic E-state index is 0.523. The number of rotatable bonds is 6. The van der Waals surface area contributed by atoms with Crippen molar-refractivity contribution < 1.29 is 4.74 Å². The van der Waals surface area contributed by atoms with E-state index < -0.39 is 0 Å². The van der Waals surface area contributed by atoms with Crippen LogP contribution in [0.4, 0.5) is 0 Å². The van der Waals surface area contributed by atoms with Gasteiger partial charge in [0.1, 0.15) is 12.4 Å². The normalized spacial score (nSPS) is 11.3. The van der Waals surface area contributed by atoms with E-state index in [4.69, 9.17) is 27.9 Å². The van der Waals surface area contributed by atoms with Crippen molar-refractivity contribution in [2.75, 3.05) is 0 Å². The fourth-order valence-electron chi connectivity index (χ4n) is 2.82. The molecule has 1 nitrogen and oxygen atoms in total. The second kappa shape index (κ2) is 8.94. The lowest BCUT2D eigenvalue weighted by Gasteiger charge is -2.13. The first-order chi connectivity index (χ1) is 13.0. The van der Waals surface area contributed by atoms with Crippen LogP contribution >= 0.6 is 23.2 Å². The zero-order valence-electron chi connectivity index (χ0n) is 15.1. The molecule has 0 atom stereocenters. The lowest BCUT2D eigenvalue weighted by molar-refractivity contribution is 0.305. The molecule has 0 aliphatic rings. The minimum Gasteiger partial charge on any atom is -0.488 e. The predicted octanol–water partition coefficient (Wildman–Crippen LogP) is 7.69. The maximum absolute atomic E-state index is 6.30. The van der Waals surface area contributed by atoms with Crippen LogP contribution in [0.5, 0.6) is 5.75 Å². The molecule has 0 N–H and O–H groups in total. The van der Waals surface area contributed by atoms with Gasteiger partial charge in [-0.1, -0.05) is 90.5 Å². The van der Waals surface area contributed by atoms with Gasteiger partial charge in [-0.2, -0.15) is 0 Å². The predicted molar refractivity (Wildman–Crippen MR) is 116 cm³/mol. The summed E-state index contributed by atoms with van der Waals surface area (Å²) in [5.41, 5.74) is 4.90. The van der Waals surface area contributed by atoms with Crippen molar-refractivity contribution in [3.05, 3.63) is 112 Å².